The first-order valence-corrected chi connectivity index (χ1v) is 7.09. The van der Waals surface area contributed by atoms with E-state index in [9.17, 15) is 14.4 Å². The van der Waals surface area contributed by atoms with Gasteiger partial charge in [0.05, 0.1) is 6.54 Å². The molecule has 1 fully saturated rings. The zero-order valence-corrected chi connectivity index (χ0v) is 12.5. The van der Waals surface area contributed by atoms with Crippen molar-refractivity contribution >= 4 is 29.1 Å². The van der Waals surface area contributed by atoms with Gasteiger partial charge in [0, 0.05) is 31.4 Å². The summed E-state index contributed by atoms with van der Waals surface area (Å²) in [5, 5.41) is 2.71. The largest absolute Gasteiger partial charge is 0.333 e. The first-order valence-electron chi connectivity index (χ1n) is 7.09. The molecule has 2 rings (SSSR count). The van der Waals surface area contributed by atoms with Gasteiger partial charge in [0.25, 0.3) is 0 Å². The van der Waals surface area contributed by atoms with Crippen molar-refractivity contribution in [1.82, 2.24) is 4.90 Å². The Labute approximate surface area is 129 Å². The number of benzene rings is 1. The van der Waals surface area contributed by atoms with Crippen LogP contribution in [0.25, 0.3) is 0 Å². The number of nitrogens with one attached hydrogen (secondary N) is 1. The van der Waals surface area contributed by atoms with Crippen LogP contribution in [0.5, 0.6) is 0 Å². The van der Waals surface area contributed by atoms with E-state index in [0.717, 1.165) is 24.7 Å². The van der Waals surface area contributed by atoms with E-state index in [2.05, 4.69) is 11.9 Å². The van der Waals surface area contributed by atoms with Gasteiger partial charge in [-0.2, -0.15) is 0 Å². The van der Waals surface area contributed by atoms with Gasteiger partial charge in [-0.05, 0) is 36.8 Å². The molecule has 0 bridgehead atoms. The molecule has 0 radical (unpaired) electrons. The average Bonchev–Trinajstić information content (AvgIpc) is 2.93. The lowest BCUT2D eigenvalue weighted by atomic mass is 10.2. The number of carbonyl (C=O) groups excluding carboxylic acids is 3. The summed E-state index contributed by atoms with van der Waals surface area (Å²) in [6.45, 7) is 4.06. The highest BCUT2D eigenvalue weighted by Gasteiger charge is 2.21. The van der Waals surface area contributed by atoms with Crippen LogP contribution in [0, 0.1) is 0 Å². The fraction of sp³-hybridized carbons (Fsp3) is 0.312. The summed E-state index contributed by atoms with van der Waals surface area (Å²) < 4.78 is 0. The Balaban J connectivity index is 1.93. The molecule has 0 aliphatic carbocycles. The van der Waals surface area contributed by atoms with Crippen molar-refractivity contribution < 1.29 is 14.4 Å². The molecule has 116 valence electrons. The first kappa shape index (κ1) is 15.8. The number of amides is 3. The molecule has 0 atom stereocenters. The Kier molecular flexibility index (Phi) is 4.93. The molecular weight excluding hydrogens is 282 g/mol. The fourth-order valence-electron chi connectivity index (χ4n) is 2.30. The third kappa shape index (κ3) is 3.72. The molecule has 6 heteroatoms. The highest BCUT2D eigenvalue weighted by Crippen LogP contribution is 2.22. The lowest BCUT2D eigenvalue weighted by molar-refractivity contribution is -0.129. The van der Waals surface area contributed by atoms with E-state index < -0.39 is 0 Å². The number of anilines is 2. The molecule has 6 nitrogen and oxygen atoms in total. The SMILES string of the molecule is C=CC(=O)N(C)CC(=O)Nc1ccc(N2CCCC2=O)cc1. The number of rotatable bonds is 5. The Morgan fingerprint density at radius 1 is 1.36 bits per heavy atom. The summed E-state index contributed by atoms with van der Waals surface area (Å²) >= 11 is 0. The van der Waals surface area contributed by atoms with Crippen LogP contribution >= 0.6 is 0 Å². The van der Waals surface area contributed by atoms with Gasteiger partial charge in [-0.3, -0.25) is 14.4 Å². The molecule has 1 aromatic carbocycles. The zero-order chi connectivity index (χ0) is 16.1. The van der Waals surface area contributed by atoms with Crippen LogP contribution in [0.2, 0.25) is 0 Å². The minimum atomic E-state index is -0.307. The van der Waals surface area contributed by atoms with Gasteiger partial charge in [0.1, 0.15) is 0 Å². The highest BCUT2D eigenvalue weighted by atomic mass is 16.2. The number of likely N-dealkylation sites (N-methyl/N-ethyl adjacent to an activating group) is 1. The second-order valence-corrected chi connectivity index (χ2v) is 5.14. The predicted molar refractivity (Wildman–Crippen MR) is 84.5 cm³/mol. The molecule has 0 spiro atoms. The van der Waals surface area contributed by atoms with Crippen molar-refractivity contribution in [3.8, 4) is 0 Å². The van der Waals surface area contributed by atoms with Crippen molar-refractivity contribution in [1.29, 1.82) is 0 Å². The highest BCUT2D eigenvalue weighted by molar-refractivity contribution is 5.97. The Hall–Kier alpha value is -2.63. The van der Waals surface area contributed by atoms with Gasteiger partial charge in [-0.25, -0.2) is 0 Å². The average molecular weight is 301 g/mol. The molecule has 0 unspecified atom stereocenters. The van der Waals surface area contributed by atoms with Gasteiger partial charge in [0.15, 0.2) is 0 Å². The number of carbonyl (C=O) groups is 3. The summed E-state index contributed by atoms with van der Waals surface area (Å²) in [5.41, 5.74) is 1.46. The standard InChI is InChI=1S/C16H19N3O3/c1-3-15(21)18(2)11-14(20)17-12-6-8-13(9-7-12)19-10-4-5-16(19)22/h3,6-9H,1,4-5,10-11H2,2H3,(H,17,20). The summed E-state index contributed by atoms with van der Waals surface area (Å²) in [6.07, 6.45) is 2.62. The van der Waals surface area contributed by atoms with Crippen LogP contribution in [-0.2, 0) is 14.4 Å². The topological polar surface area (TPSA) is 69.7 Å². The molecule has 1 saturated heterocycles. The third-order valence-corrected chi connectivity index (χ3v) is 3.47. The van der Waals surface area contributed by atoms with Crippen LogP contribution in [0.4, 0.5) is 11.4 Å². The Bertz CT molecular complexity index is 595. The summed E-state index contributed by atoms with van der Waals surface area (Å²) in [4.78, 5) is 37.8. The van der Waals surface area contributed by atoms with Crippen LogP contribution in [-0.4, -0.2) is 42.8 Å². The van der Waals surface area contributed by atoms with Gasteiger partial charge in [0.2, 0.25) is 17.7 Å². The number of hydrogen-bond donors (Lipinski definition) is 1. The van der Waals surface area contributed by atoms with Gasteiger partial charge < -0.3 is 15.1 Å². The summed E-state index contributed by atoms with van der Waals surface area (Å²) in [5.74, 6) is -0.470. The van der Waals surface area contributed by atoms with Crippen molar-refractivity contribution in [2.24, 2.45) is 0 Å². The van der Waals surface area contributed by atoms with Crippen molar-refractivity contribution in [2.45, 2.75) is 12.8 Å². The van der Waals surface area contributed by atoms with E-state index >= 15 is 0 Å². The molecule has 0 saturated carbocycles. The fourth-order valence-corrected chi connectivity index (χ4v) is 2.30. The normalized spacial score (nSPS) is 13.9. The molecule has 1 N–H and O–H groups in total. The van der Waals surface area contributed by atoms with E-state index in [1.807, 2.05) is 0 Å². The third-order valence-electron chi connectivity index (χ3n) is 3.47. The van der Waals surface area contributed by atoms with Crippen LogP contribution in [0.1, 0.15) is 12.8 Å². The minimum Gasteiger partial charge on any atom is -0.333 e. The van der Waals surface area contributed by atoms with Crippen LogP contribution in [0.3, 0.4) is 0 Å². The Morgan fingerprint density at radius 2 is 2.05 bits per heavy atom. The lowest BCUT2D eigenvalue weighted by Gasteiger charge is -2.17. The molecule has 1 aliphatic rings. The maximum absolute atomic E-state index is 11.8. The zero-order valence-electron chi connectivity index (χ0n) is 12.5. The molecule has 0 aromatic heterocycles. The summed E-state index contributed by atoms with van der Waals surface area (Å²) in [6, 6.07) is 7.09. The maximum atomic E-state index is 11.8. The number of nitrogens with zero attached hydrogens (tertiary/aromatic N) is 2. The molecule has 1 heterocycles. The van der Waals surface area contributed by atoms with Crippen LogP contribution < -0.4 is 10.2 Å². The second kappa shape index (κ2) is 6.89. The van der Waals surface area contributed by atoms with Crippen molar-refractivity contribution in [2.75, 3.05) is 30.4 Å². The van der Waals surface area contributed by atoms with E-state index in [4.69, 9.17) is 0 Å². The smallest absolute Gasteiger partial charge is 0.246 e. The monoisotopic (exact) mass is 301 g/mol. The molecule has 1 aromatic rings. The molecule has 22 heavy (non-hydrogen) atoms. The number of hydrogen-bond acceptors (Lipinski definition) is 3. The van der Waals surface area contributed by atoms with E-state index in [1.54, 1.807) is 29.2 Å². The van der Waals surface area contributed by atoms with Crippen molar-refractivity contribution in [3.63, 3.8) is 0 Å². The molecule has 3 amide bonds. The molecule has 1 aliphatic heterocycles. The Morgan fingerprint density at radius 3 is 2.59 bits per heavy atom. The summed E-state index contributed by atoms with van der Waals surface area (Å²) in [7, 11) is 1.53. The van der Waals surface area contributed by atoms with E-state index in [0.29, 0.717) is 12.1 Å². The minimum absolute atomic E-state index is 0.0444. The van der Waals surface area contributed by atoms with Gasteiger partial charge in [-0.15, -0.1) is 0 Å². The van der Waals surface area contributed by atoms with Crippen molar-refractivity contribution in [3.05, 3.63) is 36.9 Å². The maximum Gasteiger partial charge on any atom is 0.246 e. The quantitative estimate of drug-likeness (QED) is 0.836. The van der Waals surface area contributed by atoms with Gasteiger partial charge in [-0.1, -0.05) is 6.58 Å². The first-order chi connectivity index (χ1) is 10.5. The lowest BCUT2D eigenvalue weighted by Crippen LogP contribution is -2.33. The van der Waals surface area contributed by atoms with Gasteiger partial charge >= 0.3 is 0 Å². The second-order valence-electron chi connectivity index (χ2n) is 5.14. The molecular formula is C16H19N3O3. The van der Waals surface area contributed by atoms with Crippen LogP contribution in [0.15, 0.2) is 36.9 Å². The predicted octanol–water partition coefficient (Wildman–Crippen LogP) is 1.40. The van der Waals surface area contributed by atoms with E-state index in [-0.39, 0.29) is 24.3 Å². The van der Waals surface area contributed by atoms with E-state index in [1.165, 1.54) is 11.9 Å².